The maximum Gasteiger partial charge on any atom is 0.287 e. The zero-order valence-electron chi connectivity index (χ0n) is 14.6. The molecule has 0 aliphatic rings. The lowest BCUT2D eigenvalue weighted by molar-refractivity contribution is -0.115. The first-order valence-electron chi connectivity index (χ1n) is 7.96. The molecule has 146 valence electrons. The second kappa shape index (κ2) is 8.63. The Morgan fingerprint density at radius 3 is 2.96 bits per heavy atom. The Kier molecular flexibility index (Phi) is 6.21. The largest absolute Gasteiger partial charge is 0.444 e. The van der Waals surface area contributed by atoms with Gasteiger partial charge in [-0.1, -0.05) is 17.4 Å². The van der Waals surface area contributed by atoms with E-state index in [9.17, 15) is 9.59 Å². The third-order valence-electron chi connectivity index (χ3n) is 3.52. The number of carbonyl (C=O) groups excluding carboxylic acids is 2. The number of halogens is 1. The number of aromatic nitrogens is 4. The van der Waals surface area contributed by atoms with Crippen molar-refractivity contribution in [2.24, 2.45) is 0 Å². The summed E-state index contributed by atoms with van der Waals surface area (Å²) in [4.78, 5) is 29.2. The van der Waals surface area contributed by atoms with Gasteiger partial charge in [0.1, 0.15) is 0 Å². The SMILES string of the molecule is C=CCn1c(-c2sc(NC(=O)CNC(=O)c3ccc(Br)o3)nc2C)n[nH]c1=S. The van der Waals surface area contributed by atoms with Gasteiger partial charge < -0.3 is 15.1 Å². The van der Waals surface area contributed by atoms with E-state index in [-0.39, 0.29) is 12.3 Å². The Morgan fingerprint density at radius 2 is 2.29 bits per heavy atom. The number of aryl methyl sites for hydroxylation is 1. The standard InChI is InChI=1S/C16H15BrN6O3S2/c1-3-6-23-13(21-22-16(23)27)12-8(2)19-15(28-12)20-11(24)7-18-14(25)9-4-5-10(17)26-9/h3-5H,1,6-7H2,2H3,(H,18,25)(H,22,27)(H,19,20,24). The van der Waals surface area contributed by atoms with Crippen molar-refractivity contribution in [3.05, 3.63) is 45.7 Å². The van der Waals surface area contributed by atoms with Gasteiger partial charge in [-0.2, -0.15) is 5.10 Å². The van der Waals surface area contributed by atoms with Crippen LogP contribution in [0.25, 0.3) is 10.7 Å². The van der Waals surface area contributed by atoms with Crippen LogP contribution in [-0.2, 0) is 11.3 Å². The molecule has 3 N–H and O–H groups in total. The normalized spacial score (nSPS) is 10.6. The van der Waals surface area contributed by atoms with Gasteiger partial charge in [-0.3, -0.25) is 19.3 Å². The van der Waals surface area contributed by atoms with E-state index >= 15 is 0 Å². The van der Waals surface area contributed by atoms with E-state index in [2.05, 4.69) is 48.3 Å². The molecule has 2 amide bonds. The van der Waals surface area contributed by atoms with Crippen LogP contribution >= 0.6 is 39.5 Å². The molecule has 3 heterocycles. The monoisotopic (exact) mass is 482 g/mol. The molecule has 9 nitrogen and oxygen atoms in total. The molecule has 0 atom stereocenters. The highest BCUT2D eigenvalue weighted by atomic mass is 79.9. The second-order valence-electron chi connectivity index (χ2n) is 5.52. The summed E-state index contributed by atoms with van der Waals surface area (Å²) in [5, 5.41) is 12.5. The van der Waals surface area contributed by atoms with Crippen LogP contribution in [0.1, 0.15) is 16.2 Å². The number of carbonyl (C=O) groups is 2. The number of rotatable bonds is 7. The first kappa shape index (κ1) is 20.2. The molecule has 0 saturated heterocycles. The minimum absolute atomic E-state index is 0.108. The average molecular weight is 483 g/mol. The lowest BCUT2D eigenvalue weighted by atomic mass is 10.3. The van der Waals surface area contributed by atoms with Crippen LogP contribution in [0.4, 0.5) is 5.13 Å². The van der Waals surface area contributed by atoms with Crippen molar-refractivity contribution in [3.63, 3.8) is 0 Å². The van der Waals surface area contributed by atoms with Gasteiger partial charge in [0.05, 0.1) is 17.1 Å². The van der Waals surface area contributed by atoms with Crippen LogP contribution in [0.3, 0.4) is 0 Å². The fraction of sp³-hybridized carbons (Fsp3) is 0.188. The first-order valence-corrected chi connectivity index (χ1v) is 9.98. The number of allylic oxidation sites excluding steroid dienone is 1. The number of nitrogens with zero attached hydrogens (tertiary/aromatic N) is 3. The van der Waals surface area contributed by atoms with E-state index in [1.807, 2.05) is 6.92 Å². The molecule has 0 aromatic carbocycles. The predicted octanol–water partition coefficient (Wildman–Crippen LogP) is 3.28. The summed E-state index contributed by atoms with van der Waals surface area (Å²) in [6, 6.07) is 3.10. The maximum absolute atomic E-state index is 12.1. The van der Waals surface area contributed by atoms with Crippen LogP contribution in [0.15, 0.2) is 33.9 Å². The minimum Gasteiger partial charge on any atom is -0.444 e. The van der Waals surface area contributed by atoms with Crippen molar-refractivity contribution >= 4 is 56.4 Å². The van der Waals surface area contributed by atoms with E-state index < -0.39 is 11.8 Å². The van der Waals surface area contributed by atoms with E-state index in [1.165, 1.54) is 17.4 Å². The number of amides is 2. The van der Waals surface area contributed by atoms with E-state index in [0.29, 0.717) is 32.6 Å². The molecule has 3 aromatic rings. The van der Waals surface area contributed by atoms with E-state index in [4.69, 9.17) is 16.6 Å². The number of furan rings is 1. The van der Waals surface area contributed by atoms with Gasteiger partial charge in [0.25, 0.3) is 5.91 Å². The van der Waals surface area contributed by atoms with Gasteiger partial charge in [-0.25, -0.2) is 4.98 Å². The predicted molar refractivity (Wildman–Crippen MR) is 111 cm³/mol. The molecular formula is C16H15BrN6O3S2. The summed E-state index contributed by atoms with van der Waals surface area (Å²) in [5.41, 5.74) is 0.698. The van der Waals surface area contributed by atoms with Crippen LogP contribution in [0.2, 0.25) is 0 Å². The topological polar surface area (TPSA) is 118 Å². The molecule has 3 aromatic heterocycles. The number of nitrogens with one attached hydrogen (secondary N) is 3. The van der Waals surface area contributed by atoms with Crippen molar-refractivity contribution in [2.75, 3.05) is 11.9 Å². The number of thiazole rings is 1. The van der Waals surface area contributed by atoms with Crippen LogP contribution in [0, 0.1) is 11.7 Å². The molecule has 0 fully saturated rings. The zero-order valence-corrected chi connectivity index (χ0v) is 17.8. The van der Waals surface area contributed by atoms with E-state index in [1.54, 1.807) is 16.7 Å². The molecule has 0 saturated carbocycles. The fourth-order valence-electron chi connectivity index (χ4n) is 2.29. The summed E-state index contributed by atoms with van der Waals surface area (Å²) >= 11 is 9.60. The summed E-state index contributed by atoms with van der Waals surface area (Å²) in [6.45, 7) is 5.80. The third kappa shape index (κ3) is 4.46. The van der Waals surface area contributed by atoms with Crippen molar-refractivity contribution in [3.8, 4) is 10.7 Å². The molecule has 28 heavy (non-hydrogen) atoms. The number of hydrogen-bond donors (Lipinski definition) is 3. The molecule has 0 bridgehead atoms. The van der Waals surface area contributed by atoms with Crippen molar-refractivity contribution < 1.29 is 14.0 Å². The highest BCUT2D eigenvalue weighted by molar-refractivity contribution is 9.10. The smallest absolute Gasteiger partial charge is 0.287 e. The van der Waals surface area contributed by atoms with Crippen molar-refractivity contribution in [1.29, 1.82) is 0 Å². The minimum atomic E-state index is -0.489. The Balaban J connectivity index is 1.66. The Bertz CT molecular complexity index is 1100. The molecule has 12 heteroatoms. The number of aromatic amines is 1. The van der Waals surface area contributed by atoms with Gasteiger partial charge in [0.2, 0.25) is 5.91 Å². The molecule has 0 unspecified atom stereocenters. The fourth-order valence-corrected chi connectivity index (χ4v) is 3.79. The van der Waals surface area contributed by atoms with E-state index in [0.717, 1.165) is 4.88 Å². The lowest BCUT2D eigenvalue weighted by Crippen LogP contribution is -2.32. The summed E-state index contributed by atoms with van der Waals surface area (Å²) in [6.07, 6.45) is 1.72. The summed E-state index contributed by atoms with van der Waals surface area (Å²) in [7, 11) is 0. The maximum atomic E-state index is 12.1. The number of H-pyrrole nitrogens is 1. The molecule has 0 radical (unpaired) electrons. The lowest BCUT2D eigenvalue weighted by Gasteiger charge is -2.03. The van der Waals surface area contributed by atoms with Gasteiger partial charge in [-0.15, -0.1) is 6.58 Å². The zero-order chi connectivity index (χ0) is 20.3. The Morgan fingerprint density at radius 1 is 1.50 bits per heavy atom. The van der Waals surface area contributed by atoms with Crippen LogP contribution in [-0.4, -0.2) is 38.1 Å². The van der Waals surface area contributed by atoms with Gasteiger partial charge in [-0.05, 0) is 47.2 Å². The molecule has 0 aliphatic carbocycles. The quantitative estimate of drug-likeness (QED) is 0.351. The van der Waals surface area contributed by atoms with Crippen molar-refractivity contribution in [1.82, 2.24) is 25.1 Å². The highest BCUT2D eigenvalue weighted by Gasteiger charge is 2.18. The molecule has 0 spiro atoms. The van der Waals surface area contributed by atoms with Crippen LogP contribution in [0.5, 0.6) is 0 Å². The Labute approximate surface area is 177 Å². The third-order valence-corrected chi connectivity index (χ3v) is 5.33. The summed E-state index contributed by atoms with van der Waals surface area (Å²) < 4.78 is 7.82. The van der Waals surface area contributed by atoms with Gasteiger partial charge >= 0.3 is 0 Å². The summed E-state index contributed by atoms with van der Waals surface area (Å²) in [5.74, 6) is -0.171. The number of anilines is 1. The molecule has 0 aliphatic heterocycles. The Hall–Kier alpha value is -2.57. The van der Waals surface area contributed by atoms with Crippen LogP contribution < -0.4 is 10.6 Å². The van der Waals surface area contributed by atoms with Gasteiger partial charge in [0.15, 0.2) is 26.2 Å². The van der Waals surface area contributed by atoms with Gasteiger partial charge in [0, 0.05) is 6.54 Å². The highest BCUT2D eigenvalue weighted by Crippen LogP contribution is 2.31. The van der Waals surface area contributed by atoms with Crippen molar-refractivity contribution in [2.45, 2.75) is 13.5 Å². The average Bonchev–Trinajstić information content (AvgIpc) is 3.33. The molecule has 3 rings (SSSR count). The molecular weight excluding hydrogens is 468 g/mol. The first-order chi connectivity index (χ1) is 13.4. The number of hydrogen-bond acceptors (Lipinski definition) is 7. The second-order valence-corrected chi connectivity index (χ2v) is 7.69.